The van der Waals surface area contributed by atoms with E-state index in [2.05, 4.69) is 4.98 Å². The van der Waals surface area contributed by atoms with Gasteiger partial charge in [-0.15, -0.1) is 12.4 Å². The van der Waals surface area contributed by atoms with Gasteiger partial charge in [-0.3, -0.25) is 9.78 Å². The van der Waals surface area contributed by atoms with Crippen molar-refractivity contribution in [1.82, 2.24) is 9.88 Å². The van der Waals surface area contributed by atoms with Crippen molar-refractivity contribution in [2.24, 2.45) is 5.73 Å². The highest BCUT2D eigenvalue weighted by Crippen LogP contribution is 2.05. The summed E-state index contributed by atoms with van der Waals surface area (Å²) in [5.74, 6) is 0.0222. The number of nitrogens with two attached hydrogens (primary N) is 1. The van der Waals surface area contributed by atoms with Gasteiger partial charge >= 0.3 is 0 Å². The van der Waals surface area contributed by atoms with Crippen molar-refractivity contribution in [2.75, 3.05) is 13.6 Å². The van der Waals surface area contributed by atoms with E-state index >= 15 is 0 Å². The lowest BCUT2D eigenvalue weighted by Gasteiger charge is -2.16. The number of halogens is 1. The van der Waals surface area contributed by atoms with Crippen molar-refractivity contribution >= 4 is 18.3 Å². The molecule has 0 radical (unpaired) electrons. The summed E-state index contributed by atoms with van der Waals surface area (Å²) in [6.07, 6.45) is 2.58. The van der Waals surface area contributed by atoms with Crippen LogP contribution in [0.15, 0.2) is 18.3 Å². The van der Waals surface area contributed by atoms with Crippen LogP contribution >= 0.6 is 12.4 Å². The van der Waals surface area contributed by atoms with Gasteiger partial charge in [-0.2, -0.15) is 0 Å². The minimum Gasteiger partial charge on any atom is -0.342 e. The minimum absolute atomic E-state index is 0. The Morgan fingerprint density at radius 2 is 2.25 bits per heavy atom. The molecule has 0 fully saturated rings. The molecule has 0 unspecified atom stereocenters. The molecule has 0 saturated heterocycles. The van der Waals surface area contributed by atoms with Crippen molar-refractivity contribution in [3.63, 3.8) is 0 Å². The number of amides is 1. The number of nitrogens with zero attached hydrogens (tertiary/aromatic N) is 2. The van der Waals surface area contributed by atoms with E-state index in [1.807, 2.05) is 6.92 Å². The number of aromatic nitrogens is 1. The normalized spacial score (nSPS) is 9.44. The Kier molecular flexibility index (Phi) is 6.69. The van der Waals surface area contributed by atoms with Crippen molar-refractivity contribution < 1.29 is 4.79 Å². The second-order valence-corrected chi connectivity index (χ2v) is 3.47. The second kappa shape index (κ2) is 7.19. The lowest BCUT2D eigenvalue weighted by Crippen LogP contribution is -2.27. The SMILES string of the molecule is CCCN(C)C(=O)c1ccnc(CN)c1.Cl. The first-order valence-corrected chi connectivity index (χ1v) is 5.09. The topological polar surface area (TPSA) is 59.2 Å². The van der Waals surface area contributed by atoms with Crippen LogP contribution in [0.3, 0.4) is 0 Å². The fourth-order valence-electron chi connectivity index (χ4n) is 1.38. The molecule has 4 nitrogen and oxygen atoms in total. The highest BCUT2D eigenvalue weighted by Gasteiger charge is 2.10. The van der Waals surface area contributed by atoms with Gasteiger partial charge < -0.3 is 10.6 Å². The van der Waals surface area contributed by atoms with Crippen LogP contribution < -0.4 is 5.73 Å². The average Bonchev–Trinajstić information content (AvgIpc) is 2.28. The van der Waals surface area contributed by atoms with Gasteiger partial charge in [0.1, 0.15) is 0 Å². The number of carbonyl (C=O) groups is 1. The number of carbonyl (C=O) groups excluding carboxylic acids is 1. The molecule has 0 aliphatic carbocycles. The van der Waals surface area contributed by atoms with Crippen molar-refractivity contribution in [3.8, 4) is 0 Å². The third-order valence-corrected chi connectivity index (χ3v) is 2.18. The lowest BCUT2D eigenvalue weighted by atomic mass is 10.2. The third kappa shape index (κ3) is 3.79. The van der Waals surface area contributed by atoms with Gasteiger partial charge in [-0.25, -0.2) is 0 Å². The average molecular weight is 244 g/mol. The van der Waals surface area contributed by atoms with Gasteiger partial charge in [-0.1, -0.05) is 6.92 Å². The van der Waals surface area contributed by atoms with Crippen molar-refractivity contribution in [2.45, 2.75) is 19.9 Å². The summed E-state index contributed by atoms with van der Waals surface area (Å²) in [6, 6.07) is 3.46. The Hall–Kier alpha value is -1.13. The zero-order valence-corrected chi connectivity index (χ0v) is 10.5. The molecule has 1 amide bonds. The van der Waals surface area contributed by atoms with E-state index in [0.717, 1.165) is 18.7 Å². The van der Waals surface area contributed by atoms with E-state index in [-0.39, 0.29) is 18.3 Å². The maximum absolute atomic E-state index is 11.9. The van der Waals surface area contributed by atoms with Crippen LogP contribution in [-0.4, -0.2) is 29.4 Å². The van der Waals surface area contributed by atoms with Gasteiger partial charge in [0.2, 0.25) is 0 Å². The summed E-state index contributed by atoms with van der Waals surface area (Å²) < 4.78 is 0. The number of rotatable bonds is 4. The highest BCUT2D eigenvalue weighted by atomic mass is 35.5. The Morgan fingerprint density at radius 3 is 2.81 bits per heavy atom. The van der Waals surface area contributed by atoms with Crippen LogP contribution in [0.4, 0.5) is 0 Å². The summed E-state index contributed by atoms with van der Waals surface area (Å²) in [7, 11) is 1.80. The van der Waals surface area contributed by atoms with Crippen molar-refractivity contribution in [3.05, 3.63) is 29.6 Å². The number of pyridine rings is 1. The van der Waals surface area contributed by atoms with Crippen LogP contribution in [0.1, 0.15) is 29.4 Å². The second-order valence-electron chi connectivity index (χ2n) is 3.47. The summed E-state index contributed by atoms with van der Waals surface area (Å²) in [5.41, 5.74) is 6.86. The van der Waals surface area contributed by atoms with E-state index in [9.17, 15) is 4.79 Å². The molecule has 0 bridgehead atoms. The van der Waals surface area contributed by atoms with E-state index in [4.69, 9.17) is 5.73 Å². The quantitative estimate of drug-likeness (QED) is 0.871. The van der Waals surface area contributed by atoms with Crippen molar-refractivity contribution in [1.29, 1.82) is 0 Å². The molecule has 90 valence electrons. The van der Waals surface area contributed by atoms with Crippen LogP contribution in [0, 0.1) is 0 Å². The number of hydrogen-bond donors (Lipinski definition) is 1. The molecule has 16 heavy (non-hydrogen) atoms. The summed E-state index contributed by atoms with van der Waals surface area (Å²) in [5, 5.41) is 0. The smallest absolute Gasteiger partial charge is 0.253 e. The van der Waals surface area contributed by atoms with E-state index in [1.165, 1.54) is 0 Å². The molecule has 1 aromatic heterocycles. The molecule has 0 aliphatic rings. The molecule has 1 aromatic rings. The van der Waals surface area contributed by atoms with E-state index in [0.29, 0.717) is 12.1 Å². The monoisotopic (exact) mass is 243 g/mol. The zero-order valence-electron chi connectivity index (χ0n) is 9.64. The molecular formula is C11H18ClN3O. The zero-order chi connectivity index (χ0) is 11.3. The first kappa shape index (κ1) is 14.9. The maximum Gasteiger partial charge on any atom is 0.253 e. The molecule has 2 N–H and O–H groups in total. The van der Waals surface area contributed by atoms with Crippen LogP contribution in [0.5, 0.6) is 0 Å². The largest absolute Gasteiger partial charge is 0.342 e. The molecule has 5 heteroatoms. The molecule has 0 aliphatic heterocycles. The summed E-state index contributed by atoms with van der Waals surface area (Å²) >= 11 is 0. The van der Waals surface area contributed by atoms with E-state index < -0.39 is 0 Å². The summed E-state index contributed by atoms with van der Waals surface area (Å²) in [4.78, 5) is 17.6. The molecule has 0 aromatic carbocycles. The van der Waals surface area contributed by atoms with Gasteiger partial charge in [0, 0.05) is 31.9 Å². The molecular weight excluding hydrogens is 226 g/mol. The minimum atomic E-state index is 0. The summed E-state index contributed by atoms with van der Waals surface area (Å²) in [6.45, 7) is 3.17. The van der Waals surface area contributed by atoms with Crippen LogP contribution in [0.25, 0.3) is 0 Å². The predicted molar refractivity (Wildman–Crippen MR) is 66.6 cm³/mol. The van der Waals surface area contributed by atoms with E-state index in [1.54, 1.807) is 30.3 Å². The Balaban J connectivity index is 0.00000225. The molecule has 0 saturated carbocycles. The highest BCUT2D eigenvalue weighted by molar-refractivity contribution is 5.94. The van der Waals surface area contributed by atoms with Gasteiger partial charge in [0.15, 0.2) is 0 Å². The standard InChI is InChI=1S/C11H17N3O.ClH/c1-3-6-14(2)11(15)9-4-5-13-10(7-9)8-12;/h4-5,7H,3,6,8,12H2,1-2H3;1H. The molecule has 1 heterocycles. The van der Waals surface area contributed by atoms with Gasteiger partial charge in [0.05, 0.1) is 5.69 Å². The Morgan fingerprint density at radius 1 is 1.56 bits per heavy atom. The molecule has 1 rings (SSSR count). The predicted octanol–water partition coefficient (Wildman–Crippen LogP) is 1.44. The fourth-order valence-corrected chi connectivity index (χ4v) is 1.38. The first-order valence-electron chi connectivity index (χ1n) is 5.09. The van der Waals surface area contributed by atoms with Crippen LogP contribution in [0.2, 0.25) is 0 Å². The van der Waals surface area contributed by atoms with Crippen LogP contribution in [-0.2, 0) is 6.54 Å². The maximum atomic E-state index is 11.9. The Labute approximate surface area is 102 Å². The first-order chi connectivity index (χ1) is 7.19. The Bertz CT molecular complexity index is 344. The third-order valence-electron chi connectivity index (χ3n) is 2.18. The fraction of sp³-hybridized carbons (Fsp3) is 0.455. The molecule has 0 spiro atoms. The lowest BCUT2D eigenvalue weighted by molar-refractivity contribution is 0.0795. The number of hydrogen-bond acceptors (Lipinski definition) is 3. The van der Waals surface area contributed by atoms with Gasteiger partial charge in [-0.05, 0) is 18.6 Å². The van der Waals surface area contributed by atoms with Gasteiger partial charge in [0.25, 0.3) is 5.91 Å². The molecule has 0 atom stereocenters.